The summed E-state index contributed by atoms with van der Waals surface area (Å²) in [5, 5.41) is 0.588. The number of methoxy groups -OCH3 is 1. The van der Waals surface area contributed by atoms with Gasteiger partial charge in [0.2, 0.25) is 0 Å². The van der Waals surface area contributed by atoms with Gasteiger partial charge in [-0.1, -0.05) is 22.9 Å². The highest BCUT2D eigenvalue weighted by Crippen LogP contribution is 2.31. The molecule has 1 saturated heterocycles. The van der Waals surface area contributed by atoms with E-state index in [9.17, 15) is 4.79 Å². The van der Waals surface area contributed by atoms with Gasteiger partial charge in [-0.25, -0.2) is 4.79 Å². The minimum atomic E-state index is -0.476. The maximum absolute atomic E-state index is 11.4. The van der Waals surface area contributed by atoms with Gasteiger partial charge in [0.1, 0.15) is 6.10 Å². The minimum absolute atomic E-state index is 0.147. The van der Waals surface area contributed by atoms with E-state index in [4.69, 9.17) is 16.3 Å². The number of ether oxygens (including phenoxy) is 2. The Morgan fingerprint density at radius 2 is 2.17 bits per heavy atom. The third kappa shape index (κ3) is 3.13. The highest BCUT2D eigenvalue weighted by atomic mass is 35.5. The number of rotatable bonds is 3. The fourth-order valence-electron chi connectivity index (χ4n) is 1.80. The van der Waals surface area contributed by atoms with Gasteiger partial charge in [-0.3, -0.25) is 0 Å². The van der Waals surface area contributed by atoms with Crippen LogP contribution in [0.25, 0.3) is 0 Å². The third-order valence-corrected chi connectivity index (χ3v) is 4.18. The van der Waals surface area contributed by atoms with E-state index in [-0.39, 0.29) is 11.3 Å². The molecule has 0 atom stereocenters. The van der Waals surface area contributed by atoms with Gasteiger partial charge >= 0.3 is 5.97 Å². The van der Waals surface area contributed by atoms with Gasteiger partial charge in [0.25, 0.3) is 5.19 Å². The summed E-state index contributed by atoms with van der Waals surface area (Å²) in [5.41, 5.74) is 0. The van der Waals surface area contributed by atoms with Crippen molar-refractivity contribution in [2.24, 2.45) is 0 Å². The molecule has 1 aromatic rings. The second-order valence-electron chi connectivity index (χ2n) is 4.21. The lowest BCUT2D eigenvalue weighted by atomic mass is 10.1. The molecule has 100 valence electrons. The van der Waals surface area contributed by atoms with E-state index >= 15 is 0 Å². The minimum Gasteiger partial charge on any atom is -0.467 e. The van der Waals surface area contributed by atoms with E-state index in [0.29, 0.717) is 10.1 Å². The highest BCUT2D eigenvalue weighted by molar-refractivity contribution is 7.15. The van der Waals surface area contributed by atoms with Gasteiger partial charge < -0.3 is 14.4 Å². The number of hydrogen-bond acceptors (Lipinski definition) is 6. The van der Waals surface area contributed by atoms with Crippen LogP contribution >= 0.6 is 22.9 Å². The van der Waals surface area contributed by atoms with Crippen molar-refractivity contribution in [2.75, 3.05) is 27.2 Å². The van der Waals surface area contributed by atoms with Crippen molar-refractivity contribution in [3.63, 3.8) is 0 Å². The first kappa shape index (κ1) is 13.6. The van der Waals surface area contributed by atoms with Crippen molar-refractivity contribution in [1.82, 2.24) is 9.88 Å². The molecule has 5 nitrogen and oxygen atoms in total. The molecule has 0 aliphatic carbocycles. The van der Waals surface area contributed by atoms with Gasteiger partial charge in [0, 0.05) is 13.1 Å². The average molecular weight is 291 g/mol. The molecule has 7 heteroatoms. The van der Waals surface area contributed by atoms with Gasteiger partial charge in [-0.2, -0.15) is 4.98 Å². The first-order chi connectivity index (χ1) is 8.60. The molecule has 0 radical (unpaired) electrons. The van der Waals surface area contributed by atoms with Crippen LogP contribution < -0.4 is 4.74 Å². The molecule has 0 aromatic carbocycles. The van der Waals surface area contributed by atoms with E-state index < -0.39 is 5.97 Å². The van der Waals surface area contributed by atoms with Crippen molar-refractivity contribution < 1.29 is 14.3 Å². The normalized spacial score (nSPS) is 17.7. The number of halogens is 1. The van der Waals surface area contributed by atoms with E-state index in [1.807, 2.05) is 0 Å². The Kier molecular flexibility index (Phi) is 4.42. The first-order valence-electron chi connectivity index (χ1n) is 5.70. The van der Waals surface area contributed by atoms with Gasteiger partial charge in [-0.05, 0) is 19.9 Å². The Labute approximate surface area is 115 Å². The topological polar surface area (TPSA) is 51.7 Å². The Balaban J connectivity index is 2.00. The zero-order valence-corrected chi connectivity index (χ0v) is 11.9. The maximum atomic E-state index is 11.4. The summed E-state index contributed by atoms with van der Waals surface area (Å²) < 4.78 is 10.4. The zero-order valence-electron chi connectivity index (χ0n) is 10.3. The van der Waals surface area contributed by atoms with Crippen LogP contribution in [0.15, 0.2) is 0 Å². The summed E-state index contributed by atoms with van der Waals surface area (Å²) in [6, 6.07) is 0. The SMILES string of the molecule is COC(=O)c1sc(OC2CCN(C)CC2)nc1Cl. The number of esters is 1. The molecule has 1 fully saturated rings. The molecule has 1 aliphatic rings. The second-order valence-corrected chi connectivity index (χ2v) is 5.53. The van der Waals surface area contributed by atoms with E-state index in [0.717, 1.165) is 37.3 Å². The van der Waals surface area contributed by atoms with Gasteiger partial charge in [0.05, 0.1) is 7.11 Å². The number of carbonyl (C=O) groups is 1. The number of aromatic nitrogens is 1. The number of piperidine rings is 1. The Bertz CT molecular complexity index is 430. The van der Waals surface area contributed by atoms with Crippen molar-refractivity contribution in [2.45, 2.75) is 18.9 Å². The van der Waals surface area contributed by atoms with Crippen molar-refractivity contribution in [1.29, 1.82) is 0 Å². The standard InChI is InChI=1S/C11H15ClN2O3S/c1-14-5-3-7(4-6-14)17-11-13-9(12)8(18-11)10(15)16-2/h7H,3-6H2,1-2H3. The molecule has 2 rings (SSSR count). The average Bonchev–Trinajstić information content (AvgIpc) is 2.72. The Morgan fingerprint density at radius 3 is 2.78 bits per heavy atom. The van der Waals surface area contributed by atoms with Crippen molar-refractivity contribution in [3.8, 4) is 5.19 Å². The lowest BCUT2D eigenvalue weighted by Gasteiger charge is -2.28. The molecular weight excluding hydrogens is 276 g/mol. The number of carbonyl (C=O) groups excluding carboxylic acids is 1. The van der Waals surface area contributed by atoms with Crippen LogP contribution in [0.3, 0.4) is 0 Å². The summed E-state index contributed by atoms with van der Waals surface area (Å²) in [6.07, 6.45) is 2.07. The van der Waals surface area contributed by atoms with Crippen LogP contribution in [-0.4, -0.2) is 49.2 Å². The smallest absolute Gasteiger partial charge is 0.351 e. The summed E-state index contributed by atoms with van der Waals surface area (Å²) >= 11 is 7.00. The van der Waals surface area contributed by atoms with Crippen LogP contribution in [0, 0.1) is 0 Å². The number of likely N-dealkylation sites (tertiary alicyclic amines) is 1. The van der Waals surface area contributed by atoms with Gasteiger partial charge in [-0.15, -0.1) is 0 Å². The fraction of sp³-hybridized carbons (Fsp3) is 0.636. The van der Waals surface area contributed by atoms with Crippen LogP contribution in [0.1, 0.15) is 22.5 Å². The summed E-state index contributed by atoms with van der Waals surface area (Å²) in [6.45, 7) is 2.02. The monoisotopic (exact) mass is 290 g/mol. The Hall–Kier alpha value is -0.850. The first-order valence-corrected chi connectivity index (χ1v) is 6.89. The van der Waals surface area contributed by atoms with E-state index in [1.54, 1.807) is 0 Å². The number of hydrogen-bond donors (Lipinski definition) is 0. The number of nitrogens with zero attached hydrogens (tertiary/aromatic N) is 2. The molecule has 18 heavy (non-hydrogen) atoms. The van der Waals surface area contributed by atoms with Crippen LogP contribution in [0.2, 0.25) is 5.15 Å². The lowest BCUT2D eigenvalue weighted by Crippen LogP contribution is -2.35. The van der Waals surface area contributed by atoms with Crippen LogP contribution in [-0.2, 0) is 4.74 Å². The largest absolute Gasteiger partial charge is 0.467 e. The summed E-state index contributed by atoms with van der Waals surface area (Å²) in [7, 11) is 3.40. The molecule has 1 aromatic heterocycles. The van der Waals surface area contributed by atoms with Crippen LogP contribution in [0.4, 0.5) is 0 Å². The molecule has 2 heterocycles. The quantitative estimate of drug-likeness (QED) is 0.798. The molecule has 0 amide bonds. The molecule has 0 spiro atoms. The highest BCUT2D eigenvalue weighted by Gasteiger charge is 2.22. The second kappa shape index (κ2) is 5.86. The fourth-order valence-corrected chi connectivity index (χ4v) is 2.91. The molecule has 0 N–H and O–H groups in total. The third-order valence-electron chi connectivity index (χ3n) is 2.87. The maximum Gasteiger partial charge on any atom is 0.351 e. The summed E-state index contributed by atoms with van der Waals surface area (Å²) in [5.74, 6) is -0.476. The predicted molar refractivity (Wildman–Crippen MR) is 69.6 cm³/mol. The lowest BCUT2D eigenvalue weighted by molar-refractivity contribution is 0.0606. The molecule has 0 bridgehead atoms. The van der Waals surface area contributed by atoms with E-state index in [2.05, 4.69) is 21.7 Å². The molecule has 0 unspecified atom stereocenters. The predicted octanol–water partition coefficient (Wildman–Crippen LogP) is 2.06. The molecular formula is C11H15ClN2O3S. The molecule has 0 saturated carbocycles. The van der Waals surface area contributed by atoms with E-state index in [1.165, 1.54) is 7.11 Å². The summed E-state index contributed by atoms with van der Waals surface area (Å²) in [4.78, 5) is 18.0. The van der Waals surface area contributed by atoms with Gasteiger partial charge in [0.15, 0.2) is 10.0 Å². The van der Waals surface area contributed by atoms with Crippen molar-refractivity contribution >= 4 is 28.9 Å². The zero-order chi connectivity index (χ0) is 13.1. The molecule has 1 aliphatic heterocycles. The number of thiazole rings is 1. The Morgan fingerprint density at radius 1 is 1.50 bits per heavy atom. The van der Waals surface area contributed by atoms with Crippen LogP contribution in [0.5, 0.6) is 5.19 Å². The van der Waals surface area contributed by atoms with Crippen molar-refractivity contribution in [3.05, 3.63) is 10.0 Å².